The van der Waals surface area contributed by atoms with Crippen LogP contribution in [0, 0.1) is 0 Å². The minimum atomic E-state index is -0.155. The molecule has 102 valence electrons. The zero-order valence-corrected chi connectivity index (χ0v) is 11.2. The molecule has 1 aliphatic rings. The molecule has 0 spiro atoms. The topological polar surface area (TPSA) is 68.0 Å². The van der Waals surface area contributed by atoms with Crippen molar-refractivity contribution < 1.29 is 4.79 Å². The van der Waals surface area contributed by atoms with Crippen molar-refractivity contribution in [2.75, 3.05) is 12.3 Å². The first-order valence-corrected chi connectivity index (χ1v) is 6.75. The summed E-state index contributed by atoms with van der Waals surface area (Å²) < 4.78 is 0. The van der Waals surface area contributed by atoms with Crippen LogP contribution < -0.4 is 11.1 Å². The van der Waals surface area contributed by atoms with Crippen molar-refractivity contribution in [2.45, 2.75) is 18.3 Å². The molecule has 0 unspecified atom stereocenters. The van der Waals surface area contributed by atoms with E-state index in [1.54, 1.807) is 18.3 Å². The van der Waals surface area contributed by atoms with Gasteiger partial charge in [0, 0.05) is 18.2 Å². The molecular formula is C16H17N3O. The summed E-state index contributed by atoms with van der Waals surface area (Å²) >= 11 is 0. The van der Waals surface area contributed by atoms with Crippen LogP contribution in [0.2, 0.25) is 0 Å². The maximum Gasteiger partial charge on any atom is 0.255 e. The van der Waals surface area contributed by atoms with Gasteiger partial charge in [0.25, 0.3) is 5.91 Å². The van der Waals surface area contributed by atoms with Gasteiger partial charge in [-0.3, -0.25) is 4.79 Å². The highest BCUT2D eigenvalue weighted by Crippen LogP contribution is 2.47. The highest BCUT2D eigenvalue weighted by molar-refractivity contribution is 5.98. The van der Waals surface area contributed by atoms with Crippen molar-refractivity contribution in [1.29, 1.82) is 0 Å². The van der Waals surface area contributed by atoms with Crippen LogP contribution in [-0.2, 0) is 5.41 Å². The SMILES string of the molecule is Nc1ncccc1C(=O)NCC1(c2ccccc2)CC1. The first-order chi connectivity index (χ1) is 9.71. The molecule has 20 heavy (non-hydrogen) atoms. The molecule has 1 amide bonds. The number of amides is 1. The summed E-state index contributed by atoms with van der Waals surface area (Å²) in [4.78, 5) is 16.1. The van der Waals surface area contributed by atoms with E-state index in [0.29, 0.717) is 12.1 Å². The largest absolute Gasteiger partial charge is 0.383 e. The lowest BCUT2D eigenvalue weighted by Crippen LogP contribution is -2.32. The van der Waals surface area contributed by atoms with Gasteiger partial charge in [-0.1, -0.05) is 30.3 Å². The number of rotatable bonds is 4. The minimum Gasteiger partial charge on any atom is -0.383 e. The summed E-state index contributed by atoms with van der Waals surface area (Å²) in [5, 5.41) is 2.98. The molecule has 0 saturated heterocycles. The summed E-state index contributed by atoms with van der Waals surface area (Å²) in [7, 11) is 0. The Bertz CT molecular complexity index is 621. The smallest absolute Gasteiger partial charge is 0.255 e. The zero-order valence-electron chi connectivity index (χ0n) is 11.2. The lowest BCUT2D eigenvalue weighted by Gasteiger charge is -2.16. The fourth-order valence-electron chi connectivity index (χ4n) is 2.46. The summed E-state index contributed by atoms with van der Waals surface area (Å²) in [6.07, 6.45) is 3.80. The summed E-state index contributed by atoms with van der Waals surface area (Å²) in [5.74, 6) is 0.118. The second-order valence-electron chi connectivity index (χ2n) is 5.27. The monoisotopic (exact) mass is 267 g/mol. The molecule has 1 aromatic heterocycles. The molecule has 0 radical (unpaired) electrons. The second-order valence-corrected chi connectivity index (χ2v) is 5.27. The van der Waals surface area contributed by atoms with E-state index in [-0.39, 0.29) is 17.1 Å². The average molecular weight is 267 g/mol. The first-order valence-electron chi connectivity index (χ1n) is 6.75. The van der Waals surface area contributed by atoms with Crippen LogP contribution in [0.3, 0.4) is 0 Å². The van der Waals surface area contributed by atoms with Gasteiger partial charge in [0.1, 0.15) is 5.82 Å². The molecule has 1 heterocycles. The Morgan fingerprint density at radius 2 is 1.95 bits per heavy atom. The maximum atomic E-state index is 12.1. The van der Waals surface area contributed by atoms with Gasteiger partial charge in [0.15, 0.2) is 0 Å². The van der Waals surface area contributed by atoms with Crippen molar-refractivity contribution in [3.05, 3.63) is 59.8 Å². The van der Waals surface area contributed by atoms with Gasteiger partial charge in [-0.05, 0) is 30.5 Å². The number of carbonyl (C=O) groups excluding carboxylic acids is 1. The summed E-state index contributed by atoms with van der Waals surface area (Å²) in [6.45, 7) is 0.643. The van der Waals surface area contributed by atoms with Gasteiger partial charge < -0.3 is 11.1 Å². The maximum absolute atomic E-state index is 12.1. The molecule has 4 heteroatoms. The molecular weight excluding hydrogens is 250 g/mol. The number of carbonyl (C=O) groups is 1. The van der Waals surface area contributed by atoms with Gasteiger partial charge in [0.05, 0.1) is 5.56 Å². The number of hydrogen-bond donors (Lipinski definition) is 2. The fraction of sp³-hybridized carbons (Fsp3) is 0.250. The lowest BCUT2D eigenvalue weighted by molar-refractivity contribution is 0.0950. The summed E-state index contributed by atoms with van der Waals surface area (Å²) in [5.41, 5.74) is 7.55. The third-order valence-electron chi connectivity index (χ3n) is 3.91. The summed E-state index contributed by atoms with van der Waals surface area (Å²) in [6, 6.07) is 13.7. The van der Waals surface area contributed by atoms with Gasteiger partial charge in [-0.25, -0.2) is 4.98 Å². The quantitative estimate of drug-likeness (QED) is 0.891. The van der Waals surface area contributed by atoms with E-state index in [4.69, 9.17) is 5.73 Å². The predicted molar refractivity (Wildman–Crippen MR) is 78.3 cm³/mol. The van der Waals surface area contributed by atoms with E-state index < -0.39 is 0 Å². The van der Waals surface area contributed by atoms with E-state index in [1.165, 1.54) is 5.56 Å². The number of hydrogen-bond acceptors (Lipinski definition) is 3. The van der Waals surface area contributed by atoms with Crippen LogP contribution in [0.15, 0.2) is 48.7 Å². The second kappa shape index (κ2) is 4.96. The van der Waals surface area contributed by atoms with Crippen LogP contribution in [0.5, 0.6) is 0 Å². The molecule has 1 aromatic carbocycles. The number of nitrogens with one attached hydrogen (secondary N) is 1. The van der Waals surface area contributed by atoms with Crippen molar-refractivity contribution in [3.63, 3.8) is 0 Å². The first kappa shape index (κ1) is 12.7. The standard InChI is InChI=1S/C16H17N3O/c17-14-13(7-4-10-18-14)15(20)19-11-16(8-9-16)12-5-2-1-3-6-12/h1-7,10H,8-9,11H2,(H2,17,18)(H,19,20). The number of nitrogen functional groups attached to an aromatic ring is 1. The van der Waals surface area contributed by atoms with E-state index in [2.05, 4.69) is 22.4 Å². The Balaban J connectivity index is 1.69. The molecule has 1 fully saturated rings. The highest BCUT2D eigenvalue weighted by atomic mass is 16.1. The molecule has 0 bridgehead atoms. The van der Waals surface area contributed by atoms with Gasteiger partial charge in [-0.15, -0.1) is 0 Å². The van der Waals surface area contributed by atoms with E-state index in [0.717, 1.165) is 12.8 Å². The predicted octanol–water partition coefficient (Wildman–Crippen LogP) is 2.13. The molecule has 1 saturated carbocycles. The van der Waals surface area contributed by atoms with Crippen molar-refractivity contribution in [2.24, 2.45) is 0 Å². The Hall–Kier alpha value is -2.36. The normalized spacial score (nSPS) is 15.6. The third-order valence-corrected chi connectivity index (χ3v) is 3.91. The molecule has 2 aromatic rings. The lowest BCUT2D eigenvalue weighted by atomic mass is 9.96. The third kappa shape index (κ3) is 2.37. The van der Waals surface area contributed by atoms with Gasteiger partial charge in [-0.2, -0.15) is 0 Å². The highest BCUT2D eigenvalue weighted by Gasteiger charge is 2.44. The molecule has 1 aliphatic carbocycles. The van der Waals surface area contributed by atoms with Crippen LogP contribution in [0.4, 0.5) is 5.82 Å². The molecule has 3 rings (SSSR count). The number of aromatic nitrogens is 1. The van der Waals surface area contributed by atoms with Crippen LogP contribution in [0.25, 0.3) is 0 Å². The Morgan fingerprint density at radius 3 is 2.60 bits per heavy atom. The molecule has 0 atom stereocenters. The molecule has 0 aliphatic heterocycles. The van der Waals surface area contributed by atoms with Crippen molar-refractivity contribution >= 4 is 11.7 Å². The zero-order chi connectivity index (χ0) is 14.0. The van der Waals surface area contributed by atoms with Gasteiger partial charge in [0.2, 0.25) is 0 Å². The van der Waals surface area contributed by atoms with Crippen LogP contribution in [0.1, 0.15) is 28.8 Å². The minimum absolute atomic E-state index is 0.105. The van der Waals surface area contributed by atoms with E-state index >= 15 is 0 Å². The average Bonchev–Trinajstić information content (AvgIpc) is 3.27. The number of nitrogens with two attached hydrogens (primary N) is 1. The van der Waals surface area contributed by atoms with E-state index in [9.17, 15) is 4.79 Å². The number of nitrogens with zero attached hydrogens (tertiary/aromatic N) is 1. The number of benzene rings is 1. The molecule has 3 N–H and O–H groups in total. The Labute approximate surface area is 118 Å². The number of pyridine rings is 1. The number of anilines is 1. The van der Waals surface area contributed by atoms with Crippen molar-refractivity contribution in [3.8, 4) is 0 Å². The van der Waals surface area contributed by atoms with Gasteiger partial charge >= 0.3 is 0 Å². The van der Waals surface area contributed by atoms with E-state index in [1.807, 2.05) is 18.2 Å². The Kier molecular flexibility index (Phi) is 3.14. The van der Waals surface area contributed by atoms with Crippen molar-refractivity contribution in [1.82, 2.24) is 10.3 Å². The van der Waals surface area contributed by atoms with Crippen LogP contribution >= 0.6 is 0 Å². The Morgan fingerprint density at radius 1 is 1.20 bits per heavy atom. The fourth-order valence-corrected chi connectivity index (χ4v) is 2.46. The van der Waals surface area contributed by atoms with Crippen LogP contribution in [-0.4, -0.2) is 17.4 Å². The molecule has 4 nitrogen and oxygen atoms in total.